The Balaban J connectivity index is 1.60. The van der Waals surface area contributed by atoms with Gasteiger partial charge in [0.05, 0.1) is 16.1 Å². The van der Waals surface area contributed by atoms with E-state index in [2.05, 4.69) is 4.98 Å². The van der Waals surface area contributed by atoms with Gasteiger partial charge in [-0.05, 0) is 45.7 Å². The average molecular weight is 512 g/mol. The van der Waals surface area contributed by atoms with Crippen LogP contribution in [0.15, 0.2) is 29.6 Å². The lowest BCUT2D eigenvalue weighted by Crippen LogP contribution is -2.38. The van der Waals surface area contributed by atoms with Gasteiger partial charge >= 0.3 is 12.1 Å². The molecule has 1 fully saturated rings. The number of ether oxygens (including phenoxy) is 1. The van der Waals surface area contributed by atoms with Crippen molar-refractivity contribution in [3.8, 4) is 0 Å². The molecule has 1 aromatic carbocycles. The maximum atomic E-state index is 13.3. The van der Waals surface area contributed by atoms with Gasteiger partial charge in [0, 0.05) is 31.4 Å². The number of hydrogen-bond donors (Lipinski definition) is 0. The normalized spacial score (nSPS) is 15.1. The molecule has 0 bridgehead atoms. The third kappa shape index (κ3) is 6.81. The van der Waals surface area contributed by atoms with E-state index in [1.54, 1.807) is 26.2 Å². The molecule has 0 atom stereocenters. The van der Waals surface area contributed by atoms with Crippen molar-refractivity contribution in [3.63, 3.8) is 0 Å². The number of piperidine rings is 1. The number of benzene rings is 1. The number of rotatable bonds is 5. The molecule has 0 radical (unpaired) electrons. The van der Waals surface area contributed by atoms with Crippen molar-refractivity contribution in [1.82, 2.24) is 14.8 Å². The first-order chi connectivity index (χ1) is 16.3. The van der Waals surface area contributed by atoms with Gasteiger partial charge in [-0.1, -0.05) is 12.1 Å². The lowest BCUT2D eigenvalue weighted by Gasteiger charge is -2.31. The second-order valence-electron chi connectivity index (χ2n) is 9.43. The summed E-state index contributed by atoms with van der Waals surface area (Å²) in [5, 5.41) is 2.35. The summed E-state index contributed by atoms with van der Waals surface area (Å²) in [6.07, 6.45) is -3.56. The summed E-state index contributed by atoms with van der Waals surface area (Å²) in [6, 6.07) is 4.79. The maximum absolute atomic E-state index is 13.3. The molecule has 7 nitrogen and oxygen atoms in total. The van der Waals surface area contributed by atoms with Crippen LogP contribution in [0.1, 0.15) is 70.9 Å². The minimum Gasteiger partial charge on any atom is -0.459 e. The molecule has 0 saturated carbocycles. The number of nitrogens with zero attached hydrogens (tertiary/aromatic N) is 3. The molecular formula is C24H28F3N3O4S. The predicted molar refractivity (Wildman–Crippen MR) is 124 cm³/mol. The number of likely N-dealkylation sites (tertiary alicyclic amines) is 1. The quantitative estimate of drug-likeness (QED) is 0.549. The van der Waals surface area contributed by atoms with Gasteiger partial charge in [-0.15, -0.1) is 11.3 Å². The third-order valence-corrected chi connectivity index (χ3v) is 6.48. The zero-order valence-corrected chi connectivity index (χ0v) is 20.8. The van der Waals surface area contributed by atoms with Crippen LogP contribution in [-0.4, -0.2) is 64.9 Å². The molecule has 2 amide bonds. The van der Waals surface area contributed by atoms with E-state index in [9.17, 15) is 27.6 Å². The molecule has 1 saturated heterocycles. The van der Waals surface area contributed by atoms with Crippen molar-refractivity contribution in [2.45, 2.75) is 51.3 Å². The molecule has 0 N–H and O–H groups in total. The average Bonchev–Trinajstić information content (AvgIpc) is 3.26. The van der Waals surface area contributed by atoms with Crippen LogP contribution in [0.4, 0.5) is 13.2 Å². The Labute approximate surface area is 205 Å². The van der Waals surface area contributed by atoms with Gasteiger partial charge in [0.25, 0.3) is 11.8 Å². The van der Waals surface area contributed by atoms with Gasteiger partial charge in [-0.2, -0.15) is 13.2 Å². The summed E-state index contributed by atoms with van der Waals surface area (Å²) in [5.74, 6) is -1.59. The van der Waals surface area contributed by atoms with Crippen LogP contribution in [0.2, 0.25) is 0 Å². The van der Waals surface area contributed by atoms with Crippen molar-refractivity contribution in [3.05, 3.63) is 51.5 Å². The van der Waals surface area contributed by atoms with Crippen molar-refractivity contribution >= 4 is 29.1 Å². The smallest absolute Gasteiger partial charge is 0.417 e. The van der Waals surface area contributed by atoms with E-state index in [4.69, 9.17) is 4.74 Å². The molecule has 0 spiro atoms. The van der Waals surface area contributed by atoms with Crippen molar-refractivity contribution in [1.29, 1.82) is 0 Å². The minimum absolute atomic E-state index is 0.0142. The lowest BCUT2D eigenvalue weighted by atomic mass is 9.96. The van der Waals surface area contributed by atoms with Crippen molar-refractivity contribution in [2.24, 2.45) is 0 Å². The van der Waals surface area contributed by atoms with E-state index in [0.717, 1.165) is 11.1 Å². The Morgan fingerprint density at radius 3 is 2.37 bits per heavy atom. The molecule has 2 heterocycles. The van der Waals surface area contributed by atoms with Gasteiger partial charge in [0.2, 0.25) is 0 Å². The van der Waals surface area contributed by atoms with Crippen LogP contribution in [0, 0.1) is 0 Å². The number of aromatic nitrogens is 1. The van der Waals surface area contributed by atoms with Gasteiger partial charge < -0.3 is 14.5 Å². The highest BCUT2D eigenvalue weighted by Gasteiger charge is 2.37. The number of carbonyl (C=O) groups is 3. The summed E-state index contributed by atoms with van der Waals surface area (Å²) >= 11 is 1.32. The molecule has 35 heavy (non-hydrogen) atoms. The molecule has 0 unspecified atom stereocenters. The van der Waals surface area contributed by atoms with Gasteiger partial charge in [0.1, 0.15) is 17.8 Å². The highest BCUT2D eigenvalue weighted by atomic mass is 32.1. The first kappa shape index (κ1) is 26.7. The number of carbonyl (C=O) groups excluding carboxylic acids is 3. The fourth-order valence-corrected chi connectivity index (χ4v) is 4.79. The Bertz CT molecular complexity index is 1090. The Kier molecular flexibility index (Phi) is 7.88. The fourth-order valence-electron chi connectivity index (χ4n) is 3.82. The monoisotopic (exact) mass is 511 g/mol. The summed E-state index contributed by atoms with van der Waals surface area (Å²) < 4.78 is 45.1. The first-order valence-corrected chi connectivity index (χ1v) is 12.0. The molecule has 190 valence electrons. The number of hydrogen-bond acceptors (Lipinski definition) is 6. The topological polar surface area (TPSA) is 79.8 Å². The Morgan fingerprint density at radius 1 is 1.14 bits per heavy atom. The molecule has 2 aromatic rings. The number of likely N-dealkylation sites (N-methyl/N-ethyl adjacent to an activating group) is 1. The maximum Gasteiger partial charge on any atom is 0.417 e. The van der Waals surface area contributed by atoms with E-state index in [0.29, 0.717) is 12.8 Å². The largest absolute Gasteiger partial charge is 0.459 e. The molecule has 1 aliphatic heterocycles. The number of esters is 1. The zero-order valence-electron chi connectivity index (χ0n) is 20.0. The lowest BCUT2D eigenvalue weighted by molar-refractivity contribution is -0.155. The van der Waals surface area contributed by atoms with E-state index in [1.165, 1.54) is 46.4 Å². The SMILES string of the molecule is CN(CC(=O)OC(C)(C)C)C(=O)c1csc(C2CCN(C(=O)c3ccccc3C(F)(F)F)CC2)n1. The van der Waals surface area contributed by atoms with Crippen LogP contribution < -0.4 is 0 Å². The van der Waals surface area contributed by atoms with Crippen molar-refractivity contribution < 1.29 is 32.3 Å². The van der Waals surface area contributed by atoms with Gasteiger partial charge in [0.15, 0.2) is 0 Å². The number of halogens is 3. The highest BCUT2D eigenvalue weighted by molar-refractivity contribution is 7.09. The van der Waals surface area contributed by atoms with Crippen molar-refractivity contribution in [2.75, 3.05) is 26.7 Å². The molecule has 1 aliphatic rings. The molecule has 0 aliphatic carbocycles. The minimum atomic E-state index is -4.61. The number of alkyl halides is 3. The second kappa shape index (κ2) is 10.3. The number of amides is 2. The van der Waals surface area contributed by atoms with E-state index in [1.807, 2.05) is 0 Å². The van der Waals surface area contributed by atoms with E-state index < -0.39 is 35.1 Å². The summed E-state index contributed by atoms with van der Waals surface area (Å²) in [4.78, 5) is 44.5. The van der Waals surface area contributed by atoms with Crippen LogP contribution in [0.5, 0.6) is 0 Å². The van der Waals surface area contributed by atoms with Crippen LogP contribution >= 0.6 is 11.3 Å². The summed E-state index contributed by atoms with van der Waals surface area (Å²) in [6.45, 7) is 5.60. The third-order valence-electron chi connectivity index (χ3n) is 5.47. The van der Waals surface area contributed by atoms with Gasteiger partial charge in [-0.25, -0.2) is 4.98 Å². The summed E-state index contributed by atoms with van der Waals surface area (Å²) in [5.41, 5.74) is -1.73. The van der Waals surface area contributed by atoms with Crippen LogP contribution in [0.3, 0.4) is 0 Å². The van der Waals surface area contributed by atoms with Crippen LogP contribution in [-0.2, 0) is 15.7 Å². The molecule has 1 aromatic heterocycles. The number of thiazole rings is 1. The summed E-state index contributed by atoms with van der Waals surface area (Å²) in [7, 11) is 1.49. The second-order valence-corrected chi connectivity index (χ2v) is 10.3. The molecular weight excluding hydrogens is 483 g/mol. The van der Waals surface area contributed by atoms with E-state index >= 15 is 0 Å². The standard InChI is InChI=1S/C24H28F3N3O4S/c1-23(2,3)34-19(31)13-29(4)22(33)18-14-35-20(28-18)15-9-11-30(12-10-15)21(32)16-7-5-6-8-17(16)24(25,26)27/h5-8,14-15H,9-13H2,1-4H3. The molecule has 11 heteroatoms. The highest BCUT2D eigenvalue weighted by Crippen LogP contribution is 2.34. The Hall–Kier alpha value is -2.95. The predicted octanol–water partition coefficient (Wildman–Crippen LogP) is 4.60. The zero-order chi connectivity index (χ0) is 26.0. The first-order valence-electron chi connectivity index (χ1n) is 11.1. The van der Waals surface area contributed by atoms with E-state index in [-0.39, 0.29) is 36.8 Å². The van der Waals surface area contributed by atoms with Crippen LogP contribution in [0.25, 0.3) is 0 Å². The van der Waals surface area contributed by atoms with Gasteiger partial charge in [-0.3, -0.25) is 14.4 Å². The Morgan fingerprint density at radius 2 is 1.77 bits per heavy atom. The molecule has 3 rings (SSSR count). The fraction of sp³-hybridized carbons (Fsp3) is 0.500.